The third-order valence-electron chi connectivity index (χ3n) is 6.65. The Morgan fingerprint density at radius 3 is 2.10 bits per heavy atom. The van der Waals surface area contributed by atoms with Crippen molar-refractivity contribution >= 4 is 29.5 Å². The molecule has 0 saturated carbocycles. The molecular formula is C32H46N4O6. The van der Waals surface area contributed by atoms with Crippen LogP contribution in [0.15, 0.2) is 48.5 Å². The van der Waals surface area contributed by atoms with E-state index in [0.29, 0.717) is 29.3 Å². The monoisotopic (exact) mass is 582 g/mol. The third-order valence-corrected chi connectivity index (χ3v) is 6.65. The van der Waals surface area contributed by atoms with Crippen molar-refractivity contribution in [3.05, 3.63) is 59.7 Å². The second-order valence-electron chi connectivity index (χ2n) is 11.9. The second kappa shape index (κ2) is 15.2. The number of nitrogens with zero attached hydrogens (tertiary/aromatic N) is 1. The molecule has 2 aromatic carbocycles. The number of nitrogens with two attached hydrogens (primary N) is 1. The Labute approximate surface area is 249 Å². The first kappa shape index (κ1) is 34.1. The van der Waals surface area contributed by atoms with Gasteiger partial charge in [0.25, 0.3) is 5.91 Å². The fourth-order valence-electron chi connectivity index (χ4n) is 4.54. The number of amides is 4. The number of methoxy groups -OCH3 is 1. The molecule has 0 heterocycles. The average molecular weight is 583 g/mol. The third kappa shape index (κ3) is 10.4. The summed E-state index contributed by atoms with van der Waals surface area (Å²) in [5.74, 6) is -0.876. The predicted molar refractivity (Wildman–Crippen MR) is 163 cm³/mol. The zero-order chi connectivity index (χ0) is 31.6. The van der Waals surface area contributed by atoms with E-state index < -0.39 is 54.0 Å². The van der Waals surface area contributed by atoms with Crippen LogP contribution in [0.1, 0.15) is 78.0 Å². The lowest BCUT2D eigenvalue weighted by Crippen LogP contribution is -2.56. The number of carbonyl (C=O) groups excluding carboxylic acids is 4. The van der Waals surface area contributed by atoms with Crippen LogP contribution in [0.25, 0.3) is 0 Å². The molecule has 0 bridgehead atoms. The normalized spacial score (nSPS) is 13.5. The molecule has 4 N–H and O–H groups in total. The molecule has 230 valence electrons. The van der Waals surface area contributed by atoms with Crippen LogP contribution in [-0.4, -0.2) is 53.5 Å². The van der Waals surface area contributed by atoms with Crippen molar-refractivity contribution in [1.29, 1.82) is 0 Å². The van der Waals surface area contributed by atoms with Crippen LogP contribution in [0.2, 0.25) is 0 Å². The number of nitrogens with one attached hydrogen (secondary N) is 2. The average Bonchev–Trinajstić information content (AvgIpc) is 2.89. The van der Waals surface area contributed by atoms with Gasteiger partial charge in [-0.05, 0) is 88.8 Å². The highest BCUT2D eigenvalue weighted by atomic mass is 16.6. The van der Waals surface area contributed by atoms with Crippen LogP contribution in [-0.2, 0) is 19.1 Å². The highest BCUT2D eigenvalue weighted by molar-refractivity contribution is 6.00. The molecule has 0 aliphatic heterocycles. The van der Waals surface area contributed by atoms with Crippen LogP contribution in [0.3, 0.4) is 0 Å². The molecule has 3 atom stereocenters. The lowest BCUT2D eigenvalue weighted by molar-refractivity contribution is -0.144. The number of aryl methyl sites for hydroxylation is 1. The van der Waals surface area contributed by atoms with Crippen molar-refractivity contribution in [2.45, 2.75) is 91.5 Å². The van der Waals surface area contributed by atoms with Crippen molar-refractivity contribution in [2.75, 3.05) is 12.4 Å². The summed E-state index contributed by atoms with van der Waals surface area (Å²) in [6, 6.07) is 11.3. The summed E-state index contributed by atoms with van der Waals surface area (Å²) in [5.41, 5.74) is 6.61. The van der Waals surface area contributed by atoms with Gasteiger partial charge >= 0.3 is 6.09 Å². The molecule has 2 aromatic rings. The second-order valence-corrected chi connectivity index (χ2v) is 11.9. The van der Waals surface area contributed by atoms with Crippen molar-refractivity contribution in [1.82, 2.24) is 10.2 Å². The van der Waals surface area contributed by atoms with Gasteiger partial charge in [-0.3, -0.25) is 14.4 Å². The van der Waals surface area contributed by atoms with Crippen molar-refractivity contribution < 1.29 is 28.7 Å². The molecule has 0 radical (unpaired) electrons. The minimum Gasteiger partial charge on any atom is -0.497 e. The molecule has 0 fully saturated rings. The summed E-state index contributed by atoms with van der Waals surface area (Å²) in [6.45, 7) is 13.0. The number of anilines is 1. The van der Waals surface area contributed by atoms with Crippen LogP contribution >= 0.6 is 0 Å². The first-order chi connectivity index (χ1) is 19.6. The summed E-state index contributed by atoms with van der Waals surface area (Å²) in [6.07, 6.45) is 0.0292. The summed E-state index contributed by atoms with van der Waals surface area (Å²) in [7, 11) is 1.55. The number of benzene rings is 2. The Hall–Kier alpha value is -4.08. The van der Waals surface area contributed by atoms with Gasteiger partial charge in [0.05, 0.1) is 13.5 Å². The first-order valence-electron chi connectivity index (χ1n) is 14.2. The topological polar surface area (TPSA) is 140 Å². The minimum absolute atomic E-state index is 0.343. The molecule has 0 aliphatic carbocycles. The van der Waals surface area contributed by atoms with Crippen molar-refractivity contribution in [3.63, 3.8) is 0 Å². The lowest BCUT2D eigenvalue weighted by Gasteiger charge is -2.39. The van der Waals surface area contributed by atoms with Crippen LogP contribution < -0.4 is 21.1 Å². The quantitative estimate of drug-likeness (QED) is 0.300. The Bertz CT molecular complexity index is 1220. The summed E-state index contributed by atoms with van der Waals surface area (Å²) in [5, 5.41) is 5.46. The molecule has 10 heteroatoms. The molecule has 4 amide bonds. The number of carbonyl (C=O) groups is 4. The highest BCUT2D eigenvalue weighted by Crippen LogP contribution is 2.31. The Morgan fingerprint density at radius 2 is 1.57 bits per heavy atom. The van der Waals surface area contributed by atoms with Gasteiger partial charge in [0.15, 0.2) is 0 Å². The minimum atomic E-state index is -1.35. The van der Waals surface area contributed by atoms with Gasteiger partial charge < -0.3 is 30.7 Å². The van der Waals surface area contributed by atoms with E-state index in [4.69, 9.17) is 15.2 Å². The maximum absolute atomic E-state index is 14.4. The number of hydrogen-bond acceptors (Lipinski definition) is 6. The molecular weight excluding hydrogens is 536 g/mol. The molecule has 0 aliphatic rings. The maximum atomic E-state index is 14.4. The van der Waals surface area contributed by atoms with E-state index in [-0.39, 0.29) is 0 Å². The molecule has 0 saturated heterocycles. The first-order valence-corrected chi connectivity index (χ1v) is 14.2. The maximum Gasteiger partial charge on any atom is 0.408 e. The van der Waals surface area contributed by atoms with Crippen molar-refractivity contribution in [3.8, 4) is 5.75 Å². The molecule has 2 rings (SSSR count). The number of ether oxygens (including phenoxy) is 2. The van der Waals surface area contributed by atoms with Gasteiger partial charge in [0.1, 0.15) is 23.4 Å². The van der Waals surface area contributed by atoms with Gasteiger partial charge in [-0.15, -0.1) is 0 Å². The number of rotatable bonds is 13. The predicted octanol–water partition coefficient (Wildman–Crippen LogP) is 5.11. The van der Waals surface area contributed by atoms with E-state index in [1.54, 1.807) is 64.3 Å². The van der Waals surface area contributed by atoms with Crippen LogP contribution in [0, 0.1) is 12.8 Å². The summed E-state index contributed by atoms with van der Waals surface area (Å²) >= 11 is 0. The van der Waals surface area contributed by atoms with Gasteiger partial charge in [0, 0.05) is 11.7 Å². The Morgan fingerprint density at radius 1 is 0.952 bits per heavy atom. The van der Waals surface area contributed by atoms with E-state index >= 15 is 0 Å². The molecule has 10 nitrogen and oxygen atoms in total. The largest absolute Gasteiger partial charge is 0.497 e. The van der Waals surface area contributed by atoms with E-state index in [1.165, 1.54) is 4.90 Å². The fraction of sp³-hybridized carbons (Fsp3) is 0.500. The molecule has 0 spiro atoms. The number of alkyl carbamates (subject to hydrolysis) is 1. The highest BCUT2D eigenvalue weighted by Gasteiger charge is 2.40. The fourth-order valence-corrected chi connectivity index (χ4v) is 4.54. The molecule has 3 unspecified atom stereocenters. The van der Waals surface area contributed by atoms with E-state index in [9.17, 15) is 19.2 Å². The van der Waals surface area contributed by atoms with Gasteiger partial charge in [0.2, 0.25) is 11.8 Å². The van der Waals surface area contributed by atoms with Crippen molar-refractivity contribution in [2.24, 2.45) is 11.7 Å². The van der Waals surface area contributed by atoms with Gasteiger partial charge in [-0.2, -0.15) is 0 Å². The Kier molecular flexibility index (Phi) is 12.4. The van der Waals surface area contributed by atoms with E-state index in [0.717, 1.165) is 12.0 Å². The van der Waals surface area contributed by atoms with Crippen LogP contribution in [0.4, 0.5) is 10.5 Å². The smallest absolute Gasteiger partial charge is 0.408 e. The zero-order valence-corrected chi connectivity index (χ0v) is 26.0. The Balaban J connectivity index is 2.63. The van der Waals surface area contributed by atoms with E-state index in [1.807, 2.05) is 26.0 Å². The van der Waals surface area contributed by atoms with Gasteiger partial charge in [-0.1, -0.05) is 38.1 Å². The van der Waals surface area contributed by atoms with E-state index in [2.05, 4.69) is 24.5 Å². The number of hydrogen-bond donors (Lipinski definition) is 3. The zero-order valence-electron chi connectivity index (χ0n) is 26.0. The standard InChI is InChI=1S/C32H46N4O6/c1-20(2)13-14-22(4)36(30(39)26(19-27(33)37)35-31(40)42-32(5,6)7)28(25-12-10-9-11-21(25)3)29(38)34-23-15-17-24(41-8)18-16-23/h9-12,15-18,20,22,26,28H,13-14,19H2,1-8H3,(H2,33,37)(H,34,38)(H,35,40). The molecule has 42 heavy (non-hydrogen) atoms. The van der Waals surface area contributed by atoms with Crippen LogP contribution in [0.5, 0.6) is 5.75 Å². The lowest BCUT2D eigenvalue weighted by atomic mass is 9.94. The molecule has 0 aromatic heterocycles. The SMILES string of the molecule is COc1ccc(NC(=O)C(c2ccccc2C)N(C(=O)C(CC(N)=O)NC(=O)OC(C)(C)C)C(C)CCC(C)C)cc1. The number of primary amides is 1. The summed E-state index contributed by atoms with van der Waals surface area (Å²) < 4.78 is 10.6. The van der Waals surface area contributed by atoms with Gasteiger partial charge in [-0.25, -0.2) is 4.79 Å². The summed E-state index contributed by atoms with van der Waals surface area (Å²) in [4.78, 5) is 54.8.